The van der Waals surface area contributed by atoms with Gasteiger partial charge < -0.3 is 5.11 Å². The first-order chi connectivity index (χ1) is 13.4. The molecule has 0 fully saturated rings. The Morgan fingerprint density at radius 2 is 1.82 bits per heavy atom. The van der Waals surface area contributed by atoms with Crippen LogP contribution < -0.4 is 4.72 Å². The van der Waals surface area contributed by atoms with Crippen molar-refractivity contribution in [3.8, 4) is 11.8 Å². The van der Waals surface area contributed by atoms with Crippen LogP contribution in [0.4, 0.5) is 5.69 Å². The molecule has 0 radical (unpaired) electrons. The zero-order valence-electron chi connectivity index (χ0n) is 15.3. The molecule has 144 valence electrons. The SMILES string of the molecule is Cc1nn(-c2ccccc2)c(CS(=O)(=O)Nc2ccc(CCO)cc2)c1C#N. The Bertz CT molecular complexity index is 1100. The van der Waals surface area contributed by atoms with Gasteiger partial charge in [-0.2, -0.15) is 10.4 Å². The normalized spacial score (nSPS) is 11.2. The average Bonchev–Trinajstić information content (AvgIpc) is 2.98. The fourth-order valence-electron chi connectivity index (χ4n) is 2.90. The van der Waals surface area contributed by atoms with Gasteiger partial charge in [0.1, 0.15) is 11.8 Å². The minimum absolute atomic E-state index is 0.0326. The summed E-state index contributed by atoms with van der Waals surface area (Å²) in [6, 6.07) is 18.0. The summed E-state index contributed by atoms with van der Waals surface area (Å²) >= 11 is 0. The molecule has 0 saturated heterocycles. The average molecular weight is 396 g/mol. The van der Waals surface area contributed by atoms with Gasteiger partial charge in [0, 0.05) is 12.3 Å². The van der Waals surface area contributed by atoms with E-state index in [0.717, 1.165) is 5.56 Å². The topological polar surface area (TPSA) is 108 Å². The smallest absolute Gasteiger partial charge is 0.238 e. The van der Waals surface area contributed by atoms with E-state index in [2.05, 4.69) is 15.9 Å². The fourth-order valence-corrected chi connectivity index (χ4v) is 4.09. The molecule has 0 atom stereocenters. The monoisotopic (exact) mass is 396 g/mol. The number of aliphatic hydroxyl groups excluding tert-OH is 1. The van der Waals surface area contributed by atoms with Crippen LogP contribution in [0, 0.1) is 18.3 Å². The summed E-state index contributed by atoms with van der Waals surface area (Å²) in [6.45, 7) is 1.71. The number of benzene rings is 2. The minimum atomic E-state index is -3.77. The molecule has 1 heterocycles. The number of anilines is 1. The van der Waals surface area contributed by atoms with Crippen molar-refractivity contribution in [2.45, 2.75) is 19.1 Å². The third-order valence-electron chi connectivity index (χ3n) is 4.22. The summed E-state index contributed by atoms with van der Waals surface area (Å²) in [5, 5.41) is 22.8. The third kappa shape index (κ3) is 4.39. The second kappa shape index (κ2) is 8.25. The Balaban J connectivity index is 1.90. The van der Waals surface area contributed by atoms with Gasteiger partial charge in [-0.3, -0.25) is 4.72 Å². The number of nitriles is 1. The highest BCUT2D eigenvalue weighted by atomic mass is 32.2. The molecule has 0 bridgehead atoms. The Hall–Kier alpha value is -3.15. The maximum atomic E-state index is 12.7. The molecule has 2 aromatic carbocycles. The molecule has 28 heavy (non-hydrogen) atoms. The van der Waals surface area contributed by atoms with Gasteiger partial charge in [0.05, 0.1) is 22.6 Å². The molecule has 7 nitrogen and oxygen atoms in total. The lowest BCUT2D eigenvalue weighted by Crippen LogP contribution is -2.18. The third-order valence-corrected chi connectivity index (χ3v) is 5.42. The highest BCUT2D eigenvalue weighted by Gasteiger charge is 2.22. The molecule has 0 saturated carbocycles. The van der Waals surface area contributed by atoms with Crippen LogP contribution in [0.25, 0.3) is 5.69 Å². The lowest BCUT2D eigenvalue weighted by molar-refractivity contribution is 0.299. The van der Waals surface area contributed by atoms with Crippen molar-refractivity contribution >= 4 is 15.7 Å². The van der Waals surface area contributed by atoms with Crippen LogP contribution in [-0.4, -0.2) is 29.9 Å². The summed E-state index contributed by atoms with van der Waals surface area (Å²) in [5.41, 5.74) is 3.07. The van der Waals surface area contributed by atoms with Gasteiger partial charge in [-0.05, 0) is 43.2 Å². The molecule has 3 aromatic rings. The maximum Gasteiger partial charge on any atom is 0.238 e. The molecule has 0 unspecified atom stereocenters. The van der Waals surface area contributed by atoms with Gasteiger partial charge in [-0.15, -0.1) is 0 Å². The van der Waals surface area contributed by atoms with E-state index in [-0.39, 0.29) is 17.9 Å². The molecule has 0 aliphatic heterocycles. The summed E-state index contributed by atoms with van der Waals surface area (Å²) in [7, 11) is -3.77. The van der Waals surface area contributed by atoms with Crippen LogP contribution in [0.5, 0.6) is 0 Å². The summed E-state index contributed by atoms with van der Waals surface area (Å²) in [5.74, 6) is -0.385. The van der Waals surface area contributed by atoms with Crippen LogP contribution in [0.1, 0.15) is 22.5 Å². The van der Waals surface area contributed by atoms with Crippen molar-refractivity contribution in [1.29, 1.82) is 5.26 Å². The van der Waals surface area contributed by atoms with E-state index in [9.17, 15) is 13.7 Å². The van der Waals surface area contributed by atoms with Gasteiger partial charge in [0.25, 0.3) is 0 Å². The molecule has 0 aliphatic rings. The highest BCUT2D eigenvalue weighted by Crippen LogP contribution is 2.21. The van der Waals surface area contributed by atoms with Crippen LogP contribution in [-0.2, 0) is 22.2 Å². The zero-order chi connectivity index (χ0) is 20.1. The summed E-state index contributed by atoms with van der Waals surface area (Å²) < 4.78 is 29.5. The van der Waals surface area contributed by atoms with Crippen molar-refractivity contribution in [3.05, 3.63) is 77.1 Å². The van der Waals surface area contributed by atoms with E-state index in [1.807, 2.05) is 18.2 Å². The number of aromatic nitrogens is 2. The van der Waals surface area contributed by atoms with E-state index in [1.165, 1.54) is 4.68 Å². The van der Waals surface area contributed by atoms with Crippen LogP contribution in [0.3, 0.4) is 0 Å². The Morgan fingerprint density at radius 1 is 1.14 bits per heavy atom. The van der Waals surface area contributed by atoms with E-state index in [0.29, 0.717) is 29.2 Å². The molecular weight excluding hydrogens is 376 g/mol. The van der Waals surface area contributed by atoms with Gasteiger partial charge in [-0.1, -0.05) is 30.3 Å². The second-order valence-corrected chi connectivity index (χ2v) is 8.02. The van der Waals surface area contributed by atoms with Crippen molar-refractivity contribution in [1.82, 2.24) is 9.78 Å². The lowest BCUT2D eigenvalue weighted by Gasteiger charge is -2.11. The molecule has 0 aliphatic carbocycles. The van der Waals surface area contributed by atoms with Crippen molar-refractivity contribution in [2.75, 3.05) is 11.3 Å². The number of nitrogens with zero attached hydrogens (tertiary/aromatic N) is 3. The van der Waals surface area contributed by atoms with Gasteiger partial charge in [-0.25, -0.2) is 13.1 Å². The largest absolute Gasteiger partial charge is 0.396 e. The number of aryl methyl sites for hydroxylation is 1. The predicted octanol–water partition coefficient (Wildman–Crippen LogP) is 2.53. The first kappa shape index (κ1) is 19.6. The zero-order valence-corrected chi connectivity index (χ0v) is 16.1. The number of hydrogen-bond donors (Lipinski definition) is 2. The lowest BCUT2D eigenvalue weighted by atomic mass is 10.1. The first-order valence-electron chi connectivity index (χ1n) is 8.68. The van der Waals surface area contributed by atoms with Crippen LogP contribution in [0.2, 0.25) is 0 Å². The van der Waals surface area contributed by atoms with Gasteiger partial charge >= 0.3 is 0 Å². The van der Waals surface area contributed by atoms with Crippen molar-refractivity contribution in [3.63, 3.8) is 0 Å². The van der Waals surface area contributed by atoms with Crippen LogP contribution in [0.15, 0.2) is 54.6 Å². The van der Waals surface area contributed by atoms with E-state index >= 15 is 0 Å². The quantitative estimate of drug-likeness (QED) is 0.638. The van der Waals surface area contributed by atoms with Gasteiger partial charge in [0.15, 0.2) is 0 Å². The minimum Gasteiger partial charge on any atom is -0.396 e. The second-order valence-electron chi connectivity index (χ2n) is 6.30. The number of hydrogen-bond acceptors (Lipinski definition) is 5. The standard InChI is InChI=1S/C20H20N4O3S/c1-15-19(13-21)20(24(22-15)18-5-3-2-4-6-18)14-28(26,27)23-17-9-7-16(8-10-17)11-12-25/h2-10,23,25H,11-12,14H2,1H3. The number of rotatable bonds is 7. The summed E-state index contributed by atoms with van der Waals surface area (Å²) in [6.07, 6.45) is 0.508. The molecule has 8 heteroatoms. The molecule has 0 amide bonds. The molecule has 3 rings (SSSR count). The van der Waals surface area contributed by atoms with Gasteiger partial charge in [0.2, 0.25) is 10.0 Å². The Kier molecular flexibility index (Phi) is 5.78. The number of nitrogens with one attached hydrogen (secondary N) is 1. The Labute approximate surface area is 163 Å². The predicted molar refractivity (Wildman–Crippen MR) is 106 cm³/mol. The maximum absolute atomic E-state index is 12.7. The highest BCUT2D eigenvalue weighted by molar-refractivity contribution is 7.91. The summed E-state index contributed by atoms with van der Waals surface area (Å²) in [4.78, 5) is 0. The molecule has 0 spiro atoms. The van der Waals surface area contributed by atoms with E-state index in [4.69, 9.17) is 5.11 Å². The van der Waals surface area contributed by atoms with Crippen molar-refractivity contribution in [2.24, 2.45) is 0 Å². The van der Waals surface area contributed by atoms with Crippen LogP contribution >= 0.6 is 0 Å². The first-order valence-corrected chi connectivity index (χ1v) is 10.3. The molecule has 1 aromatic heterocycles. The fraction of sp³-hybridized carbons (Fsp3) is 0.200. The molecule has 2 N–H and O–H groups in total. The van der Waals surface area contributed by atoms with Crippen molar-refractivity contribution < 1.29 is 13.5 Å². The Morgan fingerprint density at radius 3 is 2.43 bits per heavy atom. The molecular formula is C20H20N4O3S. The number of sulfonamides is 1. The van der Waals surface area contributed by atoms with E-state index in [1.54, 1.807) is 43.3 Å². The van der Waals surface area contributed by atoms with E-state index < -0.39 is 10.0 Å². The number of aliphatic hydroxyl groups is 1. The number of para-hydroxylation sites is 1.